The van der Waals surface area contributed by atoms with Gasteiger partial charge >= 0.3 is 6.09 Å². The second kappa shape index (κ2) is 7.14. The molecule has 1 N–H and O–H groups in total. The van der Waals surface area contributed by atoms with Gasteiger partial charge < -0.3 is 15.0 Å². The van der Waals surface area contributed by atoms with Crippen LogP contribution in [0.4, 0.5) is 4.79 Å². The van der Waals surface area contributed by atoms with Crippen LogP contribution in [-0.4, -0.2) is 43.8 Å². The molecule has 0 spiro atoms. The Morgan fingerprint density at radius 2 is 2.37 bits per heavy atom. The Morgan fingerprint density at radius 1 is 1.47 bits per heavy atom. The Hall–Kier alpha value is -1.55. The minimum atomic E-state index is -0.235. The quantitative estimate of drug-likeness (QED) is 0.788. The summed E-state index contributed by atoms with van der Waals surface area (Å²) in [5.74, 6) is 0. The summed E-state index contributed by atoms with van der Waals surface area (Å²) in [6.45, 7) is 2.54. The minimum absolute atomic E-state index is 0.140. The van der Waals surface area contributed by atoms with Crippen molar-refractivity contribution in [3.8, 4) is 0 Å². The third-order valence-electron chi connectivity index (χ3n) is 3.51. The van der Waals surface area contributed by atoms with Gasteiger partial charge in [-0.1, -0.05) is 30.4 Å². The summed E-state index contributed by atoms with van der Waals surface area (Å²) in [6, 6.07) is 0.140. The first-order chi connectivity index (χ1) is 9.31. The van der Waals surface area contributed by atoms with E-state index in [2.05, 4.69) is 29.6 Å². The Morgan fingerprint density at radius 3 is 3.11 bits per heavy atom. The molecule has 4 heteroatoms. The van der Waals surface area contributed by atoms with Crippen molar-refractivity contribution in [3.63, 3.8) is 0 Å². The number of hydrogen-bond acceptors (Lipinski definition) is 3. The van der Waals surface area contributed by atoms with Crippen LogP contribution in [0, 0.1) is 0 Å². The summed E-state index contributed by atoms with van der Waals surface area (Å²) < 4.78 is 4.90. The minimum Gasteiger partial charge on any atom is -0.453 e. The lowest BCUT2D eigenvalue weighted by Crippen LogP contribution is -2.45. The highest BCUT2D eigenvalue weighted by atomic mass is 16.5. The molecule has 0 radical (unpaired) electrons. The molecular weight excluding hydrogens is 240 g/mol. The van der Waals surface area contributed by atoms with Gasteiger partial charge in [-0.3, -0.25) is 0 Å². The van der Waals surface area contributed by atoms with E-state index in [1.54, 1.807) is 0 Å². The largest absolute Gasteiger partial charge is 0.453 e. The molecule has 0 saturated carbocycles. The number of carbonyl (C=O) groups is 1. The van der Waals surface area contributed by atoms with Crippen molar-refractivity contribution >= 4 is 6.09 Å². The van der Waals surface area contributed by atoms with Crippen molar-refractivity contribution in [2.75, 3.05) is 26.7 Å². The molecule has 1 heterocycles. The van der Waals surface area contributed by atoms with E-state index in [0.29, 0.717) is 6.54 Å². The van der Waals surface area contributed by atoms with Crippen molar-refractivity contribution < 1.29 is 9.53 Å². The molecule has 1 saturated heterocycles. The number of amides is 1. The predicted molar refractivity (Wildman–Crippen MR) is 76.0 cm³/mol. The van der Waals surface area contributed by atoms with Crippen LogP contribution in [0.5, 0.6) is 0 Å². The topological polar surface area (TPSA) is 41.6 Å². The normalized spacial score (nSPS) is 26.1. The highest BCUT2D eigenvalue weighted by Gasteiger charge is 2.23. The van der Waals surface area contributed by atoms with E-state index in [4.69, 9.17) is 4.74 Å². The smallest absolute Gasteiger partial charge is 0.410 e. The summed E-state index contributed by atoms with van der Waals surface area (Å²) >= 11 is 0. The maximum absolute atomic E-state index is 11.9. The molecule has 0 aromatic rings. The Balaban J connectivity index is 2.12. The second-order valence-corrected chi connectivity index (χ2v) is 4.86. The molecule has 0 aromatic heterocycles. The van der Waals surface area contributed by atoms with E-state index in [1.807, 2.05) is 11.0 Å². The molecular formula is C15H22N2O2. The molecule has 1 unspecified atom stereocenters. The maximum Gasteiger partial charge on any atom is 0.410 e. The number of allylic oxidation sites excluding steroid dienone is 5. The molecule has 104 valence electrons. The van der Waals surface area contributed by atoms with Gasteiger partial charge in [-0.15, -0.1) is 0 Å². The SMILES string of the molecule is COC(=O)N1CCNCCCC1C=C1C=CC=CC1. The van der Waals surface area contributed by atoms with Gasteiger partial charge in [0.05, 0.1) is 13.2 Å². The van der Waals surface area contributed by atoms with Crippen molar-refractivity contribution in [1.29, 1.82) is 0 Å². The zero-order valence-corrected chi connectivity index (χ0v) is 11.5. The van der Waals surface area contributed by atoms with Gasteiger partial charge in [0.15, 0.2) is 0 Å². The first-order valence-electron chi connectivity index (χ1n) is 6.90. The van der Waals surface area contributed by atoms with Crippen molar-refractivity contribution in [1.82, 2.24) is 10.2 Å². The Kier molecular flexibility index (Phi) is 5.21. The number of nitrogens with zero attached hydrogens (tertiary/aromatic N) is 1. The Labute approximate surface area is 114 Å². The monoisotopic (exact) mass is 262 g/mol. The lowest BCUT2D eigenvalue weighted by Gasteiger charge is -2.31. The maximum atomic E-state index is 11.9. The standard InChI is InChI=1S/C15H22N2O2/c1-19-15(18)17-11-10-16-9-5-8-14(17)12-13-6-3-2-4-7-13/h2-4,6,12,14,16H,5,7-11H2,1H3. The summed E-state index contributed by atoms with van der Waals surface area (Å²) in [5, 5.41) is 3.33. The second-order valence-electron chi connectivity index (χ2n) is 4.86. The van der Waals surface area contributed by atoms with Crippen LogP contribution in [0.1, 0.15) is 19.3 Å². The van der Waals surface area contributed by atoms with Gasteiger partial charge in [0.25, 0.3) is 0 Å². The molecule has 19 heavy (non-hydrogen) atoms. The number of nitrogens with one attached hydrogen (secondary N) is 1. The van der Waals surface area contributed by atoms with Gasteiger partial charge in [-0.2, -0.15) is 0 Å². The molecule has 1 aliphatic heterocycles. The number of carbonyl (C=O) groups excluding carboxylic acids is 1. The summed E-state index contributed by atoms with van der Waals surface area (Å²) in [4.78, 5) is 13.7. The summed E-state index contributed by atoms with van der Waals surface area (Å²) in [5.41, 5.74) is 1.27. The number of rotatable bonds is 1. The van der Waals surface area contributed by atoms with Crippen LogP contribution >= 0.6 is 0 Å². The van der Waals surface area contributed by atoms with Crippen LogP contribution in [0.25, 0.3) is 0 Å². The van der Waals surface area contributed by atoms with E-state index < -0.39 is 0 Å². The molecule has 4 nitrogen and oxygen atoms in total. The fourth-order valence-corrected chi connectivity index (χ4v) is 2.50. The van der Waals surface area contributed by atoms with Crippen molar-refractivity contribution in [2.45, 2.75) is 25.3 Å². The van der Waals surface area contributed by atoms with E-state index >= 15 is 0 Å². The predicted octanol–water partition coefficient (Wildman–Crippen LogP) is 2.25. The first-order valence-corrected chi connectivity index (χ1v) is 6.90. The van der Waals surface area contributed by atoms with E-state index in [0.717, 1.165) is 32.4 Å². The van der Waals surface area contributed by atoms with Crippen LogP contribution in [0.3, 0.4) is 0 Å². The average Bonchev–Trinajstić information content (AvgIpc) is 2.42. The van der Waals surface area contributed by atoms with Gasteiger partial charge in [-0.05, 0) is 31.4 Å². The van der Waals surface area contributed by atoms with E-state index in [-0.39, 0.29) is 12.1 Å². The van der Waals surface area contributed by atoms with E-state index in [1.165, 1.54) is 12.7 Å². The van der Waals surface area contributed by atoms with Crippen LogP contribution in [0.15, 0.2) is 36.0 Å². The zero-order chi connectivity index (χ0) is 13.5. The molecule has 2 rings (SSSR count). The van der Waals surface area contributed by atoms with Gasteiger partial charge in [0, 0.05) is 13.1 Å². The lowest BCUT2D eigenvalue weighted by atomic mass is 10.0. The average molecular weight is 262 g/mol. The molecule has 0 bridgehead atoms. The van der Waals surface area contributed by atoms with E-state index in [9.17, 15) is 4.79 Å². The molecule has 1 atom stereocenters. The highest BCUT2D eigenvalue weighted by molar-refractivity contribution is 5.68. The van der Waals surface area contributed by atoms with Gasteiger partial charge in [0.1, 0.15) is 0 Å². The lowest BCUT2D eigenvalue weighted by molar-refractivity contribution is 0.109. The molecule has 0 aromatic carbocycles. The number of ether oxygens (including phenoxy) is 1. The van der Waals surface area contributed by atoms with Gasteiger partial charge in [0.2, 0.25) is 0 Å². The van der Waals surface area contributed by atoms with Crippen molar-refractivity contribution in [3.05, 3.63) is 36.0 Å². The third-order valence-corrected chi connectivity index (χ3v) is 3.51. The molecule has 1 fully saturated rings. The van der Waals surface area contributed by atoms with Crippen LogP contribution in [0.2, 0.25) is 0 Å². The zero-order valence-electron chi connectivity index (χ0n) is 11.5. The molecule has 1 aliphatic carbocycles. The number of hydrogen-bond donors (Lipinski definition) is 1. The van der Waals surface area contributed by atoms with Crippen LogP contribution < -0.4 is 5.32 Å². The Bertz CT molecular complexity index is 399. The van der Waals surface area contributed by atoms with Crippen LogP contribution in [-0.2, 0) is 4.74 Å². The highest BCUT2D eigenvalue weighted by Crippen LogP contribution is 2.18. The molecule has 2 aliphatic rings. The van der Waals surface area contributed by atoms with Gasteiger partial charge in [-0.25, -0.2) is 4.79 Å². The summed E-state index contributed by atoms with van der Waals surface area (Å²) in [6.07, 6.45) is 13.3. The first kappa shape index (κ1) is 13.9. The third kappa shape index (κ3) is 3.96. The summed E-state index contributed by atoms with van der Waals surface area (Å²) in [7, 11) is 1.45. The van der Waals surface area contributed by atoms with Crippen molar-refractivity contribution in [2.24, 2.45) is 0 Å². The number of methoxy groups -OCH3 is 1. The fraction of sp³-hybridized carbons (Fsp3) is 0.533. The fourth-order valence-electron chi connectivity index (χ4n) is 2.50. The molecule has 1 amide bonds.